The predicted octanol–water partition coefficient (Wildman–Crippen LogP) is 3.75. The number of hydrogen-bond donors (Lipinski definition) is 1. The lowest BCUT2D eigenvalue weighted by molar-refractivity contribution is -0.126. The molecule has 1 atom stereocenters. The van der Waals surface area contributed by atoms with Crippen LogP contribution in [0.5, 0.6) is 23.0 Å². The molecule has 0 heterocycles. The Morgan fingerprint density at radius 2 is 1.69 bits per heavy atom. The van der Waals surface area contributed by atoms with E-state index in [2.05, 4.69) is 10.5 Å². The Morgan fingerprint density at radius 1 is 1.00 bits per heavy atom. The second-order valence-corrected chi connectivity index (χ2v) is 6.19. The summed E-state index contributed by atoms with van der Waals surface area (Å²) < 4.78 is 20.8. The van der Waals surface area contributed by atoms with Gasteiger partial charge in [-0.05, 0) is 31.2 Å². The molecule has 0 radical (unpaired) electrons. The van der Waals surface area contributed by atoms with Crippen molar-refractivity contribution in [1.82, 2.24) is 0 Å². The first-order chi connectivity index (χ1) is 13.9. The van der Waals surface area contributed by atoms with Crippen LogP contribution in [0.4, 0.5) is 5.69 Å². The van der Waals surface area contributed by atoms with E-state index in [1.165, 1.54) is 34.7 Å². The normalized spacial score (nSPS) is 11.7. The van der Waals surface area contributed by atoms with Gasteiger partial charge in [0.25, 0.3) is 5.91 Å². The predicted molar refractivity (Wildman–Crippen MR) is 111 cm³/mol. The summed E-state index contributed by atoms with van der Waals surface area (Å²) in [6.45, 7) is 1.58. The van der Waals surface area contributed by atoms with E-state index in [-0.39, 0.29) is 5.91 Å². The number of anilines is 1. The highest BCUT2D eigenvalue weighted by Crippen LogP contribution is 2.35. The molecule has 9 heteroatoms. The molecule has 1 unspecified atom stereocenters. The third kappa shape index (κ3) is 5.68. The number of oxime groups is 1. The van der Waals surface area contributed by atoms with Gasteiger partial charge in [0.2, 0.25) is 6.10 Å². The Labute approximate surface area is 174 Å². The van der Waals surface area contributed by atoms with E-state index in [1.54, 1.807) is 37.3 Å². The van der Waals surface area contributed by atoms with Crippen molar-refractivity contribution in [1.29, 1.82) is 0 Å². The zero-order chi connectivity index (χ0) is 21.4. The zero-order valence-electron chi connectivity index (χ0n) is 16.8. The van der Waals surface area contributed by atoms with E-state index in [0.29, 0.717) is 39.3 Å². The third-order valence-electron chi connectivity index (χ3n) is 3.90. The van der Waals surface area contributed by atoms with E-state index in [9.17, 15) is 4.79 Å². The van der Waals surface area contributed by atoms with Gasteiger partial charge in [0.05, 0.1) is 39.7 Å². The molecule has 0 fully saturated rings. The van der Waals surface area contributed by atoms with E-state index >= 15 is 0 Å². The number of carbonyl (C=O) groups excluding carboxylic acids is 1. The number of carbonyl (C=O) groups is 1. The van der Waals surface area contributed by atoms with E-state index in [4.69, 9.17) is 35.4 Å². The number of nitrogens with one attached hydrogen (secondary N) is 1. The molecule has 156 valence electrons. The number of benzene rings is 2. The summed E-state index contributed by atoms with van der Waals surface area (Å²) in [4.78, 5) is 17.5. The van der Waals surface area contributed by atoms with Gasteiger partial charge in [-0.15, -0.1) is 0 Å². The average molecular weight is 423 g/mol. The number of methoxy groups -OCH3 is 4. The molecule has 0 aliphatic rings. The topological polar surface area (TPSA) is 87.6 Å². The summed E-state index contributed by atoms with van der Waals surface area (Å²) in [6, 6.07) is 8.37. The van der Waals surface area contributed by atoms with Crippen LogP contribution in [0.1, 0.15) is 12.5 Å². The summed E-state index contributed by atoms with van der Waals surface area (Å²) in [7, 11) is 6.06. The second-order valence-electron chi connectivity index (χ2n) is 5.78. The molecule has 2 aromatic rings. The maximum atomic E-state index is 12.3. The molecule has 0 spiro atoms. The molecule has 8 nitrogen and oxygen atoms in total. The second kappa shape index (κ2) is 10.4. The summed E-state index contributed by atoms with van der Waals surface area (Å²) in [5.41, 5.74) is 1.17. The third-order valence-corrected chi connectivity index (χ3v) is 4.18. The largest absolute Gasteiger partial charge is 0.493 e. The fourth-order valence-electron chi connectivity index (χ4n) is 2.40. The lowest BCUT2D eigenvalue weighted by atomic mass is 10.2. The van der Waals surface area contributed by atoms with Crippen molar-refractivity contribution in [3.63, 3.8) is 0 Å². The smallest absolute Gasteiger partial charge is 0.267 e. The maximum Gasteiger partial charge on any atom is 0.267 e. The highest BCUT2D eigenvalue weighted by molar-refractivity contribution is 6.32. The van der Waals surface area contributed by atoms with Gasteiger partial charge in [0.15, 0.2) is 23.0 Å². The lowest BCUT2D eigenvalue weighted by Crippen LogP contribution is -2.26. The fourth-order valence-corrected chi connectivity index (χ4v) is 2.70. The molecular formula is C20H23ClN2O6. The van der Waals surface area contributed by atoms with Crippen LogP contribution in [0.25, 0.3) is 0 Å². The first-order valence-electron chi connectivity index (χ1n) is 8.57. The molecule has 0 bridgehead atoms. The van der Waals surface area contributed by atoms with Crippen LogP contribution in [0.2, 0.25) is 5.02 Å². The number of rotatable bonds is 9. The van der Waals surface area contributed by atoms with Crippen molar-refractivity contribution >= 4 is 29.4 Å². The van der Waals surface area contributed by atoms with Gasteiger partial charge in [0, 0.05) is 17.3 Å². The van der Waals surface area contributed by atoms with E-state index in [0.717, 1.165) is 0 Å². The van der Waals surface area contributed by atoms with Crippen LogP contribution in [0, 0.1) is 0 Å². The molecule has 1 amide bonds. The van der Waals surface area contributed by atoms with Crippen molar-refractivity contribution in [2.24, 2.45) is 5.16 Å². The van der Waals surface area contributed by atoms with Crippen LogP contribution in [0.15, 0.2) is 35.5 Å². The number of halogens is 1. The Balaban J connectivity index is 2.01. The minimum absolute atomic E-state index is 0.368. The van der Waals surface area contributed by atoms with Crippen LogP contribution in [-0.2, 0) is 9.63 Å². The molecular weight excluding hydrogens is 400 g/mol. The van der Waals surface area contributed by atoms with Crippen molar-refractivity contribution in [3.8, 4) is 23.0 Å². The van der Waals surface area contributed by atoms with Crippen molar-refractivity contribution in [2.75, 3.05) is 33.8 Å². The van der Waals surface area contributed by atoms with E-state index < -0.39 is 6.10 Å². The van der Waals surface area contributed by atoms with Gasteiger partial charge in [0.1, 0.15) is 0 Å². The summed E-state index contributed by atoms with van der Waals surface area (Å²) in [5, 5.41) is 6.95. The summed E-state index contributed by atoms with van der Waals surface area (Å²) >= 11 is 6.15. The Bertz CT molecular complexity index is 888. The molecule has 0 saturated carbocycles. The van der Waals surface area contributed by atoms with Gasteiger partial charge in [-0.25, -0.2) is 0 Å². The summed E-state index contributed by atoms with van der Waals surface area (Å²) in [6.07, 6.45) is 0.587. The van der Waals surface area contributed by atoms with Gasteiger partial charge < -0.3 is 29.1 Å². The van der Waals surface area contributed by atoms with Gasteiger partial charge >= 0.3 is 0 Å². The molecule has 0 aliphatic carbocycles. The number of nitrogens with zero attached hydrogens (tertiary/aromatic N) is 1. The van der Waals surface area contributed by atoms with Crippen molar-refractivity contribution < 1.29 is 28.6 Å². The lowest BCUT2D eigenvalue weighted by Gasteiger charge is -2.13. The minimum atomic E-state index is -0.838. The molecule has 0 saturated heterocycles. The van der Waals surface area contributed by atoms with Crippen LogP contribution in [0.3, 0.4) is 0 Å². The SMILES string of the molecule is COc1ccc(NC(=O)C(C)O/N=C/c2cc(Cl)c(OC)c(OC)c2)cc1OC. The van der Waals surface area contributed by atoms with Gasteiger partial charge in [-0.2, -0.15) is 0 Å². The zero-order valence-corrected chi connectivity index (χ0v) is 17.6. The number of hydrogen-bond acceptors (Lipinski definition) is 7. The first kappa shape index (κ1) is 22.2. The Kier molecular flexibility index (Phi) is 7.97. The van der Waals surface area contributed by atoms with Crippen molar-refractivity contribution in [2.45, 2.75) is 13.0 Å². The van der Waals surface area contributed by atoms with Gasteiger partial charge in [-0.3, -0.25) is 4.79 Å². The standard InChI is InChI=1S/C20H23ClN2O6/c1-12(20(24)23-14-6-7-16(25-2)17(10-14)26-3)29-22-11-13-8-15(21)19(28-5)18(9-13)27-4/h6-12H,1-5H3,(H,23,24)/b22-11+. The summed E-state index contributed by atoms with van der Waals surface area (Å²) in [5.74, 6) is 1.57. The Morgan fingerprint density at radius 3 is 2.31 bits per heavy atom. The quantitative estimate of drug-likeness (QED) is 0.489. The molecule has 29 heavy (non-hydrogen) atoms. The van der Waals surface area contributed by atoms with Crippen LogP contribution in [-0.4, -0.2) is 46.7 Å². The first-order valence-corrected chi connectivity index (χ1v) is 8.94. The maximum absolute atomic E-state index is 12.3. The van der Waals surface area contributed by atoms with E-state index in [1.807, 2.05) is 0 Å². The highest BCUT2D eigenvalue weighted by Gasteiger charge is 2.16. The monoisotopic (exact) mass is 422 g/mol. The average Bonchev–Trinajstić information content (AvgIpc) is 2.72. The van der Waals surface area contributed by atoms with Gasteiger partial charge in [-0.1, -0.05) is 16.8 Å². The minimum Gasteiger partial charge on any atom is -0.493 e. The highest BCUT2D eigenvalue weighted by atomic mass is 35.5. The van der Waals surface area contributed by atoms with Crippen LogP contribution >= 0.6 is 11.6 Å². The van der Waals surface area contributed by atoms with Crippen LogP contribution < -0.4 is 24.3 Å². The number of ether oxygens (including phenoxy) is 4. The molecule has 0 aliphatic heterocycles. The fraction of sp³-hybridized carbons (Fsp3) is 0.300. The Hall–Kier alpha value is -3.13. The molecule has 1 N–H and O–H groups in total. The molecule has 0 aromatic heterocycles. The molecule has 2 rings (SSSR count). The number of amides is 1. The van der Waals surface area contributed by atoms with Crippen molar-refractivity contribution in [3.05, 3.63) is 40.9 Å². The molecule has 2 aromatic carbocycles.